The largest absolute Gasteiger partial charge is 0.493 e. The molecule has 1 saturated carbocycles. The van der Waals surface area contributed by atoms with Crippen LogP contribution in [0.3, 0.4) is 0 Å². The molecule has 0 spiro atoms. The summed E-state index contributed by atoms with van der Waals surface area (Å²) in [6.07, 6.45) is 2.66. The van der Waals surface area contributed by atoms with Crippen LogP contribution in [0.25, 0.3) is 0 Å². The predicted octanol–water partition coefficient (Wildman–Crippen LogP) is 2.54. The Balaban J connectivity index is 2.05. The highest BCUT2D eigenvalue weighted by atomic mass is 16.5. The van der Waals surface area contributed by atoms with Crippen LogP contribution in [-0.2, 0) is 0 Å². The summed E-state index contributed by atoms with van der Waals surface area (Å²) in [5.41, 5.74) is 6.92. The van der Waals surface area contributed by atoms with Crippen LogP contribution >= 0.6 is 0 Å². The van der Waals surface area contributed by atoms with Gasteiger partial charge in [0.15, 0.2) is 0 Å². The van der Waals surface area contributed by atoms with E-state index in [1.54, 1.807) is 0 Å². The van der Waals surface area contributed by atoms with Crippen LogP contribution in [-0.4, -0.2) is 13.2 Å². The van der Waals surface area contributed by atoms with Crippen molar-refractivity contribution in [2.75, 3.05) is 13.2 Å². The number of benzene rings is 1. The Morgan fingerprint density at radius 2 is 2.13 bits per heavy atom. The fourth-order valence-corrected chi connectivity index (χ4v) is 1.64. The van der Waals surface area contributed by atoms with Gasteiger partial charge in [0.2, 0.25) is 0 Å². The average Bonchev–Trinajstić information content (AvgIpc) is 3.09. The van der Waals surface area contributed by atoms with Crippen LogP contribution in [0.15, 0.2) is 24.3 Å². The van der Waals surface area contributed by atoms with Crippen molar-refractivity contribution in [3.63, 3.8) is 0 Å². The molecule has 1 atom stereocenters. The smallest absolute Gasteiger partial charge is 0.122 e. The van der Waals surface area contributed by atoms with E-state index < -0.39 is 0 Å². The minimum absolute atomic E-state index is 0.375. The minimum Gasteiger partial charge on any atom is -0.493 e. The van der Waals surface area contributed by atoms with Crippen molar-refractivity contribution in [3.05, 3.63) is 29.8 Å². The summed E-state index contributed by atoms with van der Waals surface area (Å²) in [6.45, 7) is 3.68. The Morgan fingerprint density at radius 3 is 2.80 bits per heavy atom. The van der Waals surface area contributed by atoms with Crippen molar-refractivity contribution < 1.29 is 4.74 Å². The van der Waals surface area contributed by atoms with Gasteiger partial charge in [0.25, 0.3) is 0 Å². The second-order valence-corrected chi connectivity index (χ2v) is 4.43. The lowest BCUT2D eigenvalue weighted by molar-refractivity contribution is 0.295. The molecule has 82 valence electrons. The maximum Gasteiger partial charge on any atom is 0.122 e. The molecule has 0 aromatic heterocycles. The summed E-state index contributed by atoms with van der Waals surface area (Å²) in [7, 11) is 0. The molecule has 1 fully saturated rings. The zero-order valence-electron chi connectivity index (χ0n) is 9.28. The van der Waals surface area contributed by atoms with Crippen LogP contribution < -0.4 is 10.5 Å². The van der Waals surface area contributed by atoms with Crippen molar-refractivity contribution in [3.8, 4) is 5.75 Å². The van der Waals surface area contributed by atoms with E-state index in [4.69, 9.17) is 10.5 Å². The molecule has 0 radical (unpaired) electrons. The van der Waals surface area contributed by atoms with Crippen LogP contribution in [0.4, 0.5) is 0 Å². The third-order valence-electron chi connectivity index (χ3n) is 2.97. The first kappa shape index (κ1) is 10.5. The van der Waals surface area contributed by atoms with Gasteiger partial charge in [-0.25, -0.2) is 0 Å². The molecule has 1 aliphatic carbocycles. The predicted molar refractivity (Wildman–Crippen MR) is 62.1 cm³/mol. The van der Waals surface area contributed by atoms with Gasteiger partial charge in [-0.1, -0.05) is 25.1 Å². The number of hydrogen-bond donors (Lipinski definition) is 1. The molecule has 1 unspecified atom stereocenters. The summed E-state index contributed by atoms with van der Waals surface area (Å²) < 4.78 is 5.83. The molecule has 2 N–H and O–H groups in total. The molecule has 0 aliphatic heterocycles. The van der Waals surface area contributed by atoms with E-state index in [1.165, 1.54) is 18.4 Å². The first-order valence-corrected chi connectivity index (χ1v) is 5.73. The molecular formula is C13H19NO. The summed E-state index contributed by atoms with van der Waals surface area (Å²) in [5.74, 6) is 2.19. The van der Waals surface area contributed by atoms with Gasteiger partial charge in [-0.15, -0.1) is 0 Å². The lowest BCUT2D eigenvalue weighted by Crippen LogP contribution is -2.11. The first-order chi connectivity index (χ1) is 7.31. The van der Waals surface area contributed by atoms with Crippen molar-refractivity contribution in [1.29, 1.82) is 0 Å². The third-order valence-corrected chi connectivity index (χ3v) is 2.97. The zero-order valence-corrected chi connectivity index (χ0v) is 9.28. The molecule has 0 saturated heterocycles. The van der Waals surface area contributed by atoms with E-state index in [9.17, 15) is 0 Å². The molecule has 2 rings (SSSR count). The van der Waals surface area contributed by atoms with E-state index in [2.05, 4.69) is 13.0 Å². The first-order valence-electron chi connectivity index (χ1n) is 5.73. The van der Waals surface area contributed by atoms with Crippen molar-refractivity contribution in [2.45, 2.75) is 25.7 Å². The highest BCUT2D eigenvalue weighted by molar-refractivity contribution is 5.36. The Kier molecular flexibility index (Phi) is 3.27. The summed E-state index contributed by atoms with van der Waals surface area (Å²) in [6, 6.07) is 8.23. The van der Waals surface area contributed by atoms with Gasteiger partial charge in [0.1, 0.15) is 5.75 Å². The van der Waals surface area contributed by atoms with E-state index in [-0.39, 0.29) is 0 Å². The molecule has 15 heavy (non-hydrogen) atoms. The highest BCUT2D eigenvalue weighted by Gasteiger charge is 2.22. The maximum atomic E-state index is 5.83. The van der Waals surface area contributed by atoms with Crippen LogP contribution in [0.2, 0.25) is 0 Å². The number of para-hydroxylation sites is 1. The highest BCUT2D eigenvalue weighted by Crippen LogP contribution is 2.31. The molecule has 2 heteroatoms. The minimum atomic E-state index is 0.375. The Labute approximate surface area is 91.4 Å². The second kappa shape index (κ2) is 4.67. The average molecular weight is 205 g/mol. The van der Waals surface area contributed by atoms with E-state index in [0.29, 0.717) is 12.5 Å². The molecule has 0 heterocycles. The molecule has 1 aromatic carbocycles. The van der Waals surface area contributed by atoms with E-state index >= 15 is 0 Å². The summed E-state index contributed by atoms with van der Waals surface area (Å²) in [4.78, 5) is 0. The quantitative estimate of drug-likeness (QED) is 0.801. The molecular weight excluding hydrogens is 186 g/mol. The summed E-state index contributed by atoms with van der Waals surface area (Å²) in [5, 5.41) is 0. The molecule has 0 amide bonds. The van der Waals surface area contributed by atoms with Crippen LogP contribution in [0, 0.1) is 5.92 Å². The SMILES string of the molecule is CC(CN)c1ccccc1OCC1CC1. The lowest BCUT2D eigenvalue weighted by atomic mass is 10.0. The second-order valence-electron chi connectivity index (χ2n) is 4.43. The van der Waals surface area contributed by atoms with Crippen molar-refractivity contribution >= 4 is 0 Å². The normalized spacial score (nSPS) is 17.5. The maximum absolute atomic E-state index is 5.83. The number of nitrogens with two attached hydrogens (primary N) is 1. The number of hydrogen-bond acceptors (Lipinski definition) is 2. The third kappa shape index (κ3) is 2.72. The fourth-order valence-electron chi connectivity index (χ4n) is 1.64. The van der Waals surface area contributed by atoms with Crippen LogP contribution in [0.1, 0.15) is 31.2 Å². The van der Waals surface area contributed by atoms with Crippen molar-refractivity contribution in [1.82, 2.24) is 0 Å². The van der Waals surface area contributed by atoms with Gasteiger partial charge in [0, 0.05) is 0 Å². The monoisotopic (exact) mass is 205 g/mol. The van der Waals surface area contributed by atoms with Crippen LogP contribution in [0.5, 0.6) is 5.75 Å². The van der Waals surface area contributed by atoms with Gasteiger partial charge >= 0.3 is 0 Å². The van der Waals surface area contributed by atoms with E-state index in [0.717, 1.165) is 18.3 Å². The fraction of sp³-hybridized carbons (Fsp3) is 0.538. The van der Waals surface area contributed by atoms with Gasteiger partial charge in [-0.05, 0) is 42.9 Å². The lowest BCUT2D eigenvalue weighted by Gasteiger charge is -2.15. The van der Waals surface area contributed by atoms with Gasteiger partial charge in [-0.3, -0.25) is 0 Å². The van der Waals surface area contributed by atoms with Gasteiger partial charge < -0.3 is 10.5 Å². The van der Waals surface area contributed by atoms with Gasteiger partial charge in [-0.2, -0.15) is 0 Å². The molecule has 2 nitrogen and oxygen atoms in total. The zero-order chi connectivity index (χ0) is 10.7. The molecule has 0 bridgehead atoms. The summed E-state index contributed by atoms with van der Waals surface area (Å²) >= 11 is 0. The Hall–Kier alpha value is -1.02. The Morgan fingerprint density at radius 1 is 1.40 bits per heavy atom. The molecule has 1 aliphatic rings. The standard InChI is InChI=1S/C13H19NO/c1-10(8-14)12-4-2-3-5-13(12)15-9-11-6-7-11/h2-5,10-11H,6-9,14H2,1H3. The Bertz CT molecular complexity index is 320. The molecule has 1 aromatic rings. The van der Waals surface area contributed by atoms with E-state index in [1.807, 2.05) is 18.2 Å². The van der Waals surface area contributed by atoms with Crippen molar-refractivity contribution in [2.24, 2.45) is 11.7 Å². The number of ether oxygens (including phenoxy) is 1. The number of rotatable bonds is 5. The van der Waals surface area contributed by atoms with Gasteiger partial charge in [0.05, 0.1) is 6.61 Å². The topological polar surface area (TPSA) is 35.2 Å².